The van der Waals surface area contributed by atoms with Crippen molar-refractivity contribution in [2.45, 2.75) is 38.3 Å². The predicted molar refractivity (Wildman–Crippen MR) is 69.8 cm³/mol. The van der Waals surface area contributed by atoms with Gasteiger partial charge < -0.3 is 10.1 Å². The van der Waals surface area contributed by atoms with Gasteiger partial charge in [-0.3, -0.25) is 0 Å². The SMILES string of the molecule is CCCNC1CC(Oc2cc(Br)cc(F)c2F)C1. The molecule has 0 aromatic heterocycles. The lowest BCUT2D eigenvalue weighted by Gasteiger charge is -2.36. The fourth-order valence-corrected chi connectivity index (χ4v) is 2.38. The summed E-state index contributed by atoms with van der Waals surface area (Å²) < 4.78 is 32.6. The van der Waals surface area contributed by atoms with Gasteiger partial charge in [0.2, 0.25) is 5.82 Å². The molecule has 18 heavy (non-hydrogen) atoms. The smallest absolute Gasteiger partial charge is 0.200 e. The molecule has 0 spiro atoms. The van der Waals surface area contributed by atoms with E-state index < -0.39 is 11.6 Å². The van der Waals surface area contributed by atoms with Gasteiger partial charge >= 0.3 is 0 Å². The van der Waals surface area contributed by atoms with Crippen LogP contribution in [0, 0.1) is 11.6 Å². The minimum absolute atomic E-state index is 0.0131. The summed E-state index contributed by atoms with van der Waals surface area (Å²) in [6.45, 7) is 3.09. The van der Waals surface area contributed by atoms with E-state index in [0.717, 1.165) is 31.9 Å². The van der Waals surface area contributed by atoms with Crippen LogP contribution in [0.5, 0.6) is 5.75 Å². The average molecular weight is 320 g/mol. The van der Waals surface area contributed by atoms with E-state index in [9.17, 15) is 8.78 Å². The molecule has 0 bridgehead atoms. The first-order chi connectivity index (χ1) is 8.60. The number of nitrogens with one attached hydrogen (secondary N) is 1. The third-order valence-electron chi connectivity index (χ3n) is 3.03. The van der Waals surface area contributed by atoms with Crippen LogP contribution in [0.3, 0.4) is 0 Å². The van der Waals surface area contributed by atoms with Crippen molar-refractivity contribution in [3.8, 4) is 5.75 Å². The summed E-state index contributed by atoms with van der Waals surface area (Å²) in [7, 11) is 0. The molecule has 1 aliphatic carbocycles. The molecule has 1 fully saturated rings. The topological polar surface area (TPSA) is 21.3 Å². The Labute approximate surface area is 114 Å². The molecule has 0 atom stereocenters. The Morgan fingerprint density at radius 2 is 2.11 bits per heavy atom. The molecular weight excluding hydrogens is 304 g/mol. The third-order valence-corrected chi connectivity index (χ3v) is 3.49. The van der Waals surface area contributed by atoms with E-state index in [-0.39, 0.29) is 11.9 Å². The van der Waals surface area contributed by atoms with Gasteiger partial charge in [-0.2, -0.15) is 4.39 Å². The highest BCUT2D eigenvalue weighted by Crippen LogP contribution is 2.30. The van der Waals surface area contributed by atoms with Gasteiger partial charge in [-0.15, -0.1) is 0 Å². The van der Waals surface area contributed by atoms with Crippen LogP contribution < -0.4 is 10.1 Å². The standard InChI is InChI=1S/C13H16BrF2NO/c1-2-3-17-9-6-10(7-9)18-12-5-8(14)4-11(15)13(12)16/h4-5,9-10,17H,2-3,6-7H2,1H3. The molecule has 2 nitrogen and oxygen atoms in total. The predicted octanol–water partition coefficient (Wildman–Crippen LogP) is 3.64. The van der Waals surface area contributed by atoms with Gasteiger partial charge in [0.25, 0.3) is 0 Å². The number of halogens is 3. The van der Waals surface area contributed by atoms with Crippen molar-refractivity contribution in [3.63, 3.8) is 0 Å². The van der Waals surface area contributed by atoms with Gasteiger partial charge in [-0.05, 0) is 37.9 Å². The molecule has 1 N–H and O–H groups in total. The maximum atomic E-state index is 13.5. The van der Waals surface area contributed by atoms with Crippen LogP contribution in [0.4, 0.5) is 8.78 Å². The van der Waals surface area contributed by atoms with E-state index in [0.29, 0.717) is 10.5 Å². The van der Waals surface area contributed by atoms with Crippen LogP contribution in [-0.4, -0.2) is 18.7 Å². The normalized spacial score (nSPS) is 22.7. The van der Waals surface area contributed by atoms with Crippen LogP contribution in [-0.2, 0) is 0 Å². The minimum Gasteiger partial charge on any atom is -0.487 e. The van der Waals surface area contributed by atoms with Crippen molar-refractivity contribution in [2.24, 2.45) is 0 Å². The molecule has 1 saturated carbocycles. The largest absolute Gasteiger partial charge is 0.487 e. The zero-order chi connectivity index (χ0) is 13.1. The Morgan fingerprint density at radius 3 is 2.78 bits per heavy atom. The van der Waals surface area contributed by atoms with Crippen molar-refractivity contribution in [1.29, 1.82) is 0 Å². The molecule has 0 aliphatic heterocycles. The molecule has 1 aromatic carbocycles. The fraction of sp³-hybridized carbons (Fsp3) is 0.538. The van der Waals surface area contributed by atoms with Crippen molar-refractivity contribution >= 4 is 15.9 Å². The van der Waals surface area contributed by atoms with Crippen LogP contribution in [0.15, 0.2) is 16.6 Å². The zero-order valence-corrected chi connectivity index (χ0v) is 11.8. The number of benzene rings is 1. The van der Waals surface area contributed by atoms with E-state index in [1.807, 2.05) is 0 Å². The highest BCUT2D eigenvalue weighted by Gasteiger charge is 2.31. The Balaban J connectivity index is 1.88. The molecule has 0 amide bonds. The van der Waals surface area contributed by atoms with Gasteiger partial charge in [-0.1, -0.05) is 22.9 Å². The first kappa shape index (κ1) is 13.7. The maximum absolute atomic E-state index is 13.5. The molecule has 0 heterocycles. The van der Waals surface area contributed by atoms with E-state index in [2.05, 4.69) is 28.2 Å². The van der Waals surface area contributed by atoms with E-state index in [4.69, 9.17) is 4.74 Å². The molecular formula is C13H16BrF2NO. The summed E-state index contributed by atoms with van der Waals surface area (Å²) >= 11 is 3.12. The molecule has 100 valence electrons. The number of hydrogen-bond acceptors (Lipinski definition) is 2. The van der Waals surface area contributed by atoms with Crippen LogP contribution in [0.2, 0.25) is 0 Å². The summed E-state index contributed by atoms with van der Waals surface area (Å²) in [5.74, 6) is -1.82. The first-order valence-corrected chi connectivity index (χ1v) is 6.94. The Morgan fingerprint density at radius 1 is 1.39 bits per heavy atom. The number of ether oxygens (including phenoxy) is 1. The summed E-state index contributed by atoms with van der Waals surface area (Å²) in [6.07, 6.45) is 2.75. The van der Waals surface area contributed by atoms with Crippen molar-refractivity contribution in [1.82, 2.24) is 5.32 Å². The highest BCUT2D eigenvalue weighted by molar-refractivity contribution is 9.10. The fourth-order valence-electron chi connectivity index (χ4n) is 1.97. The maximum Gasteiger partial charge on any atom is 0.200 e. The molecule has 0 saturated heterocycles. The summed E-state index contributed by atoms with van der Waals surface area (Å²) in [6, 6.07) is 3.00. The van der Waals surface area contributed by atoms with E-state index in [1.54, 1.807) is 0 Å². The average Bonchev–Trinajstić information content (AvgIpc) is 2.27. The Kier molecular flexibility index (Phi) is 4.56. The third kappa shape index (κ3) is 3.20. The van der Waals surface area contributed by atoms with Crippen LogP contribution in [0.25, 0.3) is 0 Å². The lowest BCUT2D eigenvalue weighted by atomic mass is 9.89. The quantitative estimate of drug-likeness (QED) is 0.837. The number of hydrogen-bond donors (Lipinski definition) is 1. The van der Waals surface area contributed by atoms with E-state index in [1.165, 1.54) is 6.07 Å². The van der Waals surface area contributed by atoms with Crippen LogP contribution in [0.1, 0.15) is 26.2 Å². The van der Waals surface area contributed by atoms with Crippen molar-refractivity contribution in [3.05, 3.63) is 28.2 Å². The second-order valence-corrected chi connectivity index (χ2v) is 5.48. The van der Waals surface area contributed by atoms with Gasteiger partial charge in [-0.25, -0.2) is 4.39 Å². The van der Waals surface area contributed by atoms with Gasteiger partial charge in [0.15, 0.2) is 11.6 Å². The highest BCUT2D eigenvalue weighted by atomic mass is 79.9. The van der Waals surface area contributed by atoms with Crippen LogP contribution >= 0.6 is 15.9 Å². The molecule has 2 rings (SSSR count). The molecule has 0 radical (unpaired) electrons. The number of rotatable bonds is 5. The summed E-state index contributed by atoms with van der Waals surface area (Å²) in [5, 5.41) is 3.36. The van der Waals surface area contributed by atoms with Gasteiger partial charge in [0.05, 0.1) is 0 Å². The summed E-state index contributed by atoms with van der Waals surface area (Å²) in [4.78, 5) is 0. The minimum atomic E-state index is -0.914. The Hall–Kier alpha value is -0.680. The molecule has 1 aromatic rings. The molecule has 5 heteroatoms. The molecule has 0 unspecified atom stereocenters. The first-order valence-electron chi connectivity index (χ1n) is 6.14. The lowest BCUT2D eigenvalue weighted by molar-refractivity contribution is 0.0804. The monoisotopic (exact) mass is 319 g/mol. The van der Waals surface area contributed by atoms with Crippen molar-refractivity contribution < 1.29 is 13.5 Å². The van der Waals surface area contributed by atoms with E-state index >= 15 is 0 Å². The second kappa shape index (κ2) is 5.97. The van der Waals surface area contributed by atoms with Crippen molar-refractivity contribution in [2.75, 3.05) is 6.54 Å². The zero-order valence-electron chi connectivity index (χ0n) is 10.2. The van der Waals surface area contributed by atoms with Gasteiger partial charge in [0, 0.05) is 10.5 Å². The second-order valence-electron chi connectivity index (χ2n) is 4.56. The molecule has 1 aliphatic rings. The van der Waals surface area contributed by atoms with Gasteiger partial charge in [0.1, 0.15) is 6.10 Å². The lowest BCUT2D eigenvalue weighted by Crippen LogP contribution is -2.47. The Bertz CT molecular complexity index is 422. The summed E-state index contributed by atoms with van der Waals surface area (Å²) in [5.41, 5.74) is 0.